The molecule has 0 amide bonds. The highest BCUT2D eigenvalue weighted by Crippen LogP contribution is 2.18. The number of nitrogen functional groups attached to an aromatic ring is 1. The topological polar surface area (TPSA) is 70.3 Å². The van der Waals surface area contributed by atoms with Gasteiger partial charge in [0.1, 0.15) is 16.5 Å². The number of nitrogens with zero attached hydrogens (tertiary/aromatic N) is 2. The molecule has 15 heavy (non-hydrogen) atoms. The molecule has 0 aromatic carbocycles. The van der Waals surface area contributed by atoms with Crippen molar-refractivity contribution in [3.63, 3.8) is 0 Å². The summed E-state index contributed by atoms with van der Waals surface area (Å²) in [6, 6.07) is 1.96. The molecule has 1 fully saturated rings. The van der Waals surface area contributed by atoms with E-state index in [-0.39, 0.29) is 6.10 Å². The summed E-state index contributed by atoms with van der Waals surface area (Å²) in [6.45, 7) is 1.46. The molecule has 5 nitrogen and oxygen atoms in total. The highest BCUT2D eigenvalue weighted by molar-refractivity contribution is 9.10. The van der Waals surface area contributed by atoms with Crippen molar-refractivity contribution in [2.45, 2.75) is 18.9 Å². The molecule has 0 aliphatic carbocycles. The molecule has 82 valence electrons. The average Bonchev–Trinajstić information content (AvgIpc) is 2.17. The standard InChI is InChI=1S/C9H12BrN3O2/c10-7-5-8(11)13-9(12-7)15-6-1-3-14-4-2-6/h5-6H,1-4H2,(H2,11,12,13). The Bertz CT molecular complexity index is 322. The molecule has 2 rings (SSSR count). The molecule has 1 aliphatic rings. The zero-order valence-corrected chi connectivity index (χ0v) is 9.74. The maximum atomic E-state index is 5.60. The predicted molar refractivity (Wildman–Crippen MR) is 58.6 cm³/mol. The maximum Gasteiger partial charge on any atom is 0.319 e. The molecule has 1 aliphatic heterocycles. The van der Waals surface area contributed by atoms with Gasteiger partial charge < -0.3 is 15.2 Å². The number of rotatable bonds is 2. The van der Waals surface area contributed by atoms with E-state index >= 15 is 0 Å². The Labute approximate surface area is 96.1 Å². The van der Waals surface area contributed by atoms with E-state index in [1.54, 1.807) is 6.07 Å². The predicted octanol–water partition coefficient (Wildman–Crippen LogP) is 1.38. The highest BCUT2D eigenvalue weighted by atomic mass is 79.9. The van der Waals surface area contributed by atoms with E-state index in [1.807, 2.05) is 0 Å². The third-order valence-corrected chi connectivity index (χ3v) is 2.54. The summed E-state index contributed by atoms with van der Waals surface area (Å²) in [7, 11) is 0. The Balaban J connectivity index is 2.02. The maximum absolute atomic E-state index is 5.60. The highest BCUT2D eigenvalue weighted by Gasteiger charge is 2.16. The summed E-state index contributed by atoms with van der Waals surface area (Å²) in [4.78, 5) is 8.09. The lowest BCUT2D eigenvalue weighted by Crippen LogP contribution is -2.26. The van der Waals surface area contributed by atoms with Gasteiger partial charge in [-0.25, -0.2) is 0 Å². The van der Waals surface area contributed by atoms with Crippen LogP contribution in [0.4, 0.5) is 5.82 Å². The first-order valence-corrected chi connectivity index (χ1v) is 5.58. The van der Waals surface area contributed by atoms with Crippen molar-refractivity contribution < 1.29 is 9.47 Å². The van der Waals surface area contributed by atoms with Crippen molar-refractivity contribution in [2.24, 2.45) is 0 Å². The molecule has 0 saturated carbocycles. The summed E-state index contributed by atoms with van der Waals surface area (Å²) in [5.74, 6) is 0.402. The van der Waals surface area contributed by atoms with Crippen LogP contribution in [0.25, 0.3) is 0 Å². The summed E-state index contributed by atoms with van der Waals surface area (Å²) >= 11 is 3.24. The van der Waals surface area contributed by atoms with Crippen LogP contribution in [0, 0.1) is 0 Å². The normalized spacial score (nSPS) is 17.7. The zero-order valence-electron chi connectivity index (χ0n) is 8.15. The molecular weight excluding hydrogens is 262 g/mol. The minimum absolute atomic E-state index is 0.132. The number of hydrogen-bond acceptors (Lipinski definition) is 5. The third kappa shape index (κ3) is 3.04. The lowest BCUT2D eigenvalue weighted by Gasteiger charge is -2.22. The van der Waals surface area contributed by atoms with E-state index in [2.05, 4.69) is 25.9 Å². The molecule has 0 radical (unpaired) electrons. The Morgan fingerprint density at radius 3 is 2.80 bits per heavy atom. The molecule has 6 heteroatoms. The van der Waals surface area contributed by atoms with Crippen LogP contribution < -0.4 is 10.5 Å². The number of ether oxygens (including phenoxy) is 2. The number of hydrogen-bond donors (Lipinski definition) is 1. The van der Waals surface area contributed by atoms with E-state index in [0.29, 0.717) is 16.4 Å². The van der Waals surface area contributed by atoms with Crippen LogP contribution in [0.15, 0.2) is 10.7 Å². The first kappa shape index (κ1) is 10.6. The summed E-state index contributed by atoms with van der Waals surface area (Å²) < 4.78 is 11.5. The number of nitrogens with two attached hydrogens (primary N) is 1. The van der Waals surface area contributed by atoms with Crippen molar-refractivity contribution in [1.82, 2.24) is 9.97 Å². The largest absolute Gasteiger partial charge is 0.460 e. The fourth-order valence-electron chi connectivity index (χ4n) is 1.41. The minimum atomic E-state index is 0.132. The van der Waals surface area contributed by atoms with Gasteiger partial charge in [0.15, 0.2) is 0 Å². The SMILES string of the molecule is Nc1cc(Br)nc(OC2CCOCC2)n1. The van der Waals surface area contributed by atoms with Crippen LogP contribution in [0.2, 0.25) is 0 Å². The van der Waals surface area contributed by atoms with Gasteiger partial charge in [0.2, 0.25) is 0 Å². The lowest BCUT2D eigenvalue weighted by molar-refractivity contribution is 0.0217. The second-order valence-electron chi connectivity index (χ2n) is 3.33. The van der Waals surface area contributed by atoms with Crippen LogP contribution in [0.3, 0.4) is 0 Å². The molecule has 2 heterocycles. The van der Waals surface area contributed by atoms with Gasteiger partial charge in [-0.2, -0.15) is 9.97 Å². The van der Waals surface area contributed by atoms with E-state index in [9.17, 15) is 0 Å². The first-order chi connectivity index (χ1) is 7.24. The van der Waals surface area contributed by atoms with Gasteiger partial charge in [-0.05, 0) is 15.9 Å². The first-order valence-electron chi connectivity index (χ1n) is 4.78. The molecule has 0 spiro atoms. The third-order valence-electron chi connectivity index (χ3n) is 2.13. The lowest BCUT2D eigenvalue weighted by atomic mass is 10.2. The van der Waals surface area contributed by atoms with Crippen LogP contribution >= 0.6 is 15.9 Å². The van der Waals surface area contributed by atoms with Crippen LogP contribution in [0.5, 0.6) is 6.01 Å². The Morgan fingerprint density at radius 1 is 1.40 bits per heavy atom. The fourth-order valence-corrected chi connectivity index (χ4v) is 1.80. The molecule has 0 bridgehead atoms. The summed E-state index contributed by atoms with van der Waals surface area (Å²) in [6.07, 6.45) is 1.87. The number of anilines is 1. The van der Waals surface area contributed by atoms with Gasteiger partial charge in [0.05, 0.1) is 13.2 Å². The van der Waals surface area contributed by atoms with E-state index < -0.39 is 0 Å². The molecule has 2 N–H and O–H groups in total. The van der Waals surface area contributed by atoms with Gasteiger partial charge in [-0.15, -0.1) is 0 Å². The van der Waals surface area contributed by atoms with Gasteiger partial charge in [-0.3, -0.25) is 0 Å². The monoisotopic (exact) mass is 273 g/mol. The van der Waals surface area contributed by atoms with E-state index in [4.69, 9.17) is 15.2 Å². The van der Waals surface area contributed by atoms with Crippen LogP contribution in [-0.2, 0) is 4.74 Å². The Hall–Kier alpha value is -0.880. The average molecular weight is 274 g/mol. The van der Waals surface area contributed by atoms with E-state index in [1.165, 1.54) is 0 Å². The second kappa shape index (κ2) is 4.76. The zero-order chi connectivity index (χ0) is 10.7. The van der Waals surface area contributed by atoms with Gasteiger partial charge >= 0.3 is 6.01 Å². The molecule has 1 aromatic heterocycles. The fraction of sp³-hybridized carbons (Fsp3) is 0.556. The number of aromatic nitrogens is 2. The van der Waals surface area contributed by atoms with Crippen molar-refractivity contribution in [3.8, 4) is 6.01 Å². The molecule has 1 saturated heterocycles. The van der Waals surface area contributed by atoms with Crippen molar-refractivity contribution in [1.29, 1.82) is 0 Å². The second-order valence-corrected chi connectivity index (χ2v) is 4.14. The van der Waals surface area contributed by atoms with Gasteiger partial charge in [0.25, 0.3) is 0 Å². The summed E-state index contributed by atoms with van der Waals surface area (Å²) in [5, 5.41) is 0. The molecule has 0 unspecified atom stereocenters. The van der Waals surface area contributed by atoms with E-state index in [0.717, 1.165) is 26.1 Å². The summed E-state index contributed by atoms with van der Waals surface area (Å²) in [5.41, 5.74) is 5.58. The smallest absolute Gasteiger partial charge is 0.319 e. The van der Waals surface area contributed by atoms with Crippen LogP contribution in [0.1, 0.15) is 12.8 Å². The minimum Gasteiger partial charge on any atom is -0.460 e. The number of halogens is 1. The van der Waals surface area contributed by atoms with Gasteiger partial charge in [0, 0.05) is 18.9 Å². The van der Waals surface area contributed by atoms with Crippen molar-refractivity contribution in [2.75, 3.05) is 18.9 Å². The molecular formula is C9H12BrN3O2. The van der Waals surface area contributed by atoms with Crippen molar-refractivity contribution in [3.05, 3.63) is 10.7 Å². The van der Waals surface area contributed by atoms with Crippen molar-refractivity contribution >= 4 is 21.7 Å². The molecule has 0 atom stereocenters. The molecule has 1 aromatic rings. The Morgan fingerprint density at radius 2 is 2.13 bits per heavy atom. The Kier molecular flexibility index (Phi) is 3.37. The van der Waals surface area contributed by atoms with Gasteiger partial charge in [-0.1, -0.05) is 0 Å². The van der Waals surface area contributed by atoms with Crippen LogP contribution in [-0.4, -0.2) is 29.3 Å². The quantitative estimate of drug-likeness (QED) is 0.825.